The molecule has 2 aromatic carbocycles. The van der Waals surface area contributed by atoms with E-state index in [1.165, 1.54) is 31.2 Å². The molecule has 4 nitrogen and oxygen atoms in total. The van der Waals surface area contributed by atoms with Crippen LogP contribution < -0.4 is 5.32 Å². The molecule has 0 bridgehead atoms. The molecule has 0 aromatic heterocycles. The lowest BCUT2D eigenvalue weighted by atomic mass is 10.1. The molecule has 142 valence electrons. The minimum absolute atomic E-state index is 0.100. The van der Waals surface area contributed by atoms with Crippen LogP contribution in [0.25, 0.3) is 4.85 Å². The Hall–Kier alpha value is -2.57. The van der Waals surface area contributed by atoms with Gasteiger partial charge in [-0.2, -0.15) is 13.2 Å². The third-order valence-electron chi connectivity index (χ3n) is 3.50. The Morgan fingerprint density at radius 2 is 1.85 bits per heavy atom. The highest BCUT2D eigenvalue weighted by Gasteiger charge is 2.35. The van der Waals surface area contributed by atoms with Crippen molar-refractivity contribution >= 4 is 29.0 Å². The van der Waals surface area contributed by atoms with E-state index in [1.54, 1.807) is 0 Å². The molecule has 0 saturated heterocycles. The molecular weight excluding hydrogens is 384 g/mol. The fraction of sp³-hybridized carbons (Fsp3) is 0.222. The topological polar surface area (TPSA) is 53.7 Å². The molecule has 0 aliphatic rings. The quantitative estimate of drug-likeness (QED) is 0.429. The van der Waals surface area contributed by atoms with Crippen LogP contribution in [0.2, 0.25) is 0 Å². The van der Waals surface area contributed by atoms with Crippen molar-refractivity contribution in [2.24, 2.45) is 0 Å². The number of carbonyl (C=O) groups excluding carboxylic acids is 1. The average molecular weight is 398 g/mol. The van der Waals surface area contributed by atoms with Gasteiger partial charge in [0.2, 0.25) is 0 Å². The molecule has 0 fully saturated rings. The molecule has 0 aliphatic heterocycles. The summed E-state index contributed by atoms with van der Waals surface area (Å²) in [7, 11) is 0. The molecule has 0 heterocycles. The summed E-state index contributed by atoms with van der Waals surface area (Å²) in [5.41, 5.74) is -3.84. The van der Waals surface area contributed by atoms with Crippen LogP contribution in [-0.2, 0) is 11.0 Å². The minimum Gasteiger partial charge on any atom is -0.379 e. The van der Waals surface area contributed by atoms with Crippen molar-refractivity contribution in [2.75, 3.05) is 11.1 Å². The number of nitrogens with zero attached hydrogens (tertiary/aromatic N) is 1. The van der Waals surface area contributed by atoms with Crippen molar-refractivity contribution in [2.45, 2.75) is 23.6 Å². The summed E-state index contributed by atoms with van der Waals surface area (Å²) in [4.78, 5) is 15.7. The summed E-state index contributed by atoms with van der Waals surface area (Å²) in [5, 5.41) is 12.5. The molecule has 1 atom stereocenters. The third-order valence-corrected chi connectivity index (χ3v) is 4.81. The average Bonchev–Trinajstić information content (AvgIpc) is 2.60. The van der Waals surface area contributed by atoms with Crippen LogP contribution in [0.5, 0.6) is 0 Å². The van der Waals surface area contributed by atoms with Crippen molar-refractivity contribution in [1.82, 2.24) is 0 Å². The Morgan fingerprint density at radius 3 is 2.41 bits per heavy atom. The Bertz CT molecular complexity index is 874. The second-order valence-corrected chi connectivity index (χ2v) is 6.86. The molecule has 2 aromatic rings. The fourth-order valence-corrected chi connectivity index (χ4v) is 2.93. The van der Waals surface area contributed by atoms with E-state index >= 15 is 0 Å². The lowest BCUT2D eigenvalue weighted by Gasteiger charge is -2.22. The first-order valence-electron chi connectivity index (χ1n) is 7.54. The van der Waals surface area contributed by atoms with E-state index < -0.39 is 34.8 Å². The van der Waals surface area contributed by atoms with Crippen LogP contribution in [0.1, 0.15) is 12.5 Å². The van der Waals surface area contributed by atoms with E-state index in [2.05, 4.69) is 10.2 Å². The SMILES string of the molecule is [C-]#[N+]c1ccc(NC(=O)C(C)(O)CSc2ccc(F)cc2)cc1C(F)(F)F. The van der Waals surface area contributed by atoms with Crippen LogP contribution in [0.3, 0.4) is 0 Å². The highest BCUT2D eigenvalue weighted by Crippen LogP contribution is 2.38. The van der Waals surface area contributed by atoms with Gasteiger partial charge in [0.25, 0.3) is 5.91 Å². The molecular formula is C18H14F4N2O2S. The van der Waals surface area contributed by atoms with Crippen molar-refractivity contribution in [1.29, 1.82) is 0 Å². The summed E-state index contributed by atoms with van der Waals surface area (Å²) in [6.45, 7) is 8.02. The van der Waals surface area contributed by atoms with Crippen molar-refractivity contribution in [3.05, 3.63) is 65.3 Å². The molecule has 2 rings (SSSR count). The summed E-state index contributed by atoms with van der Waals surface area (Å²) >= 11 is 1.09. The number of amides is 1. The van der Waals surface area contributed by atoms with Crippen LogP contribution in [0, 0.1) is 12.4 Å². The van der Waals surface area contributed by atoms with Gasteiger partial charge in [0.15, 0.2) is 5.69 Å². The zero-order valence-electron chi connectivity index (χ0n) is 14.0. The molecule has 0 aliphatic carbocycles. The number of halogens is 4. The largest absolute Gasteiger partial charge is 0.407 e. The maximum absolute atomic E-state index is 13.0. The number of anilines is 1. The first-order valence-corrected chi connectivity index (χ1v) is 8.52. The van der Waals surface area contributed by atoms with Gasteiger partial charge in [0.1, 0.15) is 11.4 Å². The molecule has 9 heteroatoms. The zero-order chi connectivity index (χ0) is 20.2. The Labute approximate surface area is 157 Å². The fourth-order valence-electron chi connectivity index (χ4n) is 2.02. The summed E-state index contributed by atoms with van der Waals surface area (Å²) in [6, 6.07) is 8.17. The minimum atomic E-state index is -4.75. The van der Waals surface area contributed by atoms with Gasteiger partial charge in [-0.1, -0.05) is 6.07 Å². The van der Waals surface area contributed by atoms with Crippen LogP contribution in [0.4, 0.5) is 28.9 Å². The van der Waals surface area contributed by atoms with Gasteiger partial charge in [0.05, 0.1) is 12.1 Å². The highest BCUT2D eigenvalue weighted by molar-refractivity contribution is 7.99. The lowest BCUT2D eigenvalue weighted by Crippen LogP contribution is -2.42. The number of hydrogen-bond acceptors (Lipinski definition) is 3. The molecule has 1 amide bonds. The smallest absolute Gasteiger partial charge is 0.379 e. The monoisotopic (exact) mass is 398 g/mol. The normalized spacial score (nSPS) is 13.5. The van der Waals surface area contributed by atoms with Gasteiger partial charge in [-0.05, 0) is 43.3 Å². The van der Waals surface area contributed by atoms with Gasteiger partial charge >= 0.3 is 6.18 Å². The van der Waals surface area contributed by atoms with Gasteiger partial charge in [-0.25, -0.2) is 9.24 Å². The Morgan fingerprint density at radius 1 is 1.22 bits per heavy atom. The highest BCUT2D eigenvalue weighted by atomic mass is 32.2. The first-order chi connectivity index (χ1) is 12.5. The zero-order valence-corrected chi connectivity index (χ0v) is 14.8. The van der Waals surface area contributed by atoms with Crippen LogP contribution >= 0.6 is 11.8 Å². The predicted octanol–water partition coefficient (Wildman–Crippen LogP) is 4.88. The number of benzene rings is 2. The maximum atomic E-state index is 13.0. The Balaban J connectivity index is 2.11. The van der Waals surface area contributed by atoms with Crippen LogP contribution in [-0.4, -0.2) is 22.4 Å². The van der Waals surface area contributed by atoms with Gasteiger partial charge in [-0.15, -0.1) is 11.8 Å². The van der Waals surface area contributed by atoms with Gasteiger partial charge in [-0.3, -0.25) is 4.79 Å². The molecule has 0 radical (unpaired) electrons. The van der Waals surface area contributed by atoms with Gasteiger partial charge < -0.3 is 10.4 Å². The second-order valence-electron chi connectivity index (χ2n) is 5.81. The number of carbonyl (C=O) groups is 1. The molecule has 27 heavy (non-hydrogen) atoms. The Kier molecular flexibility index (Phi) is 6.13. The standard InChI is InChI=1S/C18H14F4N2O2S/c1-17(26,10-27-13-6-3-11(19)4-7-13)16(25)24-12-5-8-15(23-2)14(9-12)18(20,21)22/h3-9,26H,10H2,1H3,(H,24,25). The molecule has 1 unspecified atom stereocenters. The first kappa shape index (κ1) is 20.7. The number of alkyl halides is 3. The van der Waals surface area contributed by atoms with Crippen LogP contribution in [0.15, 0.2) is 47.4 Å². The molecule has 0 spiro atoms. The number of nitrogens with one attached hydrogen (secondary N) is 1. The summed E-state index contributed by atoms with van der Waals surface area (Å²) in [5.74, 6) is -1.43. The lowest BCUT2D eigenvalue weighted by molar-refractivity contribution is -0.137. The van der Waals surface area contributed by atoms with E-state index in [9.17, 15) is 27.5 Å². The van der Waals surface area contributed by atoms with E-state index in [4.69, 9.17) is 6.57 Å². The predicted molar refractivity (Wildman–Crippen MR) is 94.1 cm³/mol. The van der Waals surface area contributed by atoms with Crippen molar-refractivity contribution < 1.29 is 27.5 Å². The van der Waals surface area contributed by atoms with E-state index in [0.717, 1.165) is 23.9 Å². The number of aliphatic hydroxyl groups is 1. The molecule has 0 saturated carbocycles. The van der Waals surface area contributed by atoms with E-state index in [1.807, 2.05) is 0 Å². The van der Waals surface area contributed by atoms with Crippen molar-refractivity contribution in [3.8, 4) is 0 Å². The van der Waals surface area contributed by atoms with Crippen molar-refractivity contribution in [3.63, 3.8) is 0 Å². The maximum Gasteiger partial charge on any atom is 0.407 e. The number of rotatable bonds is 5. The van der Waals surface area contributed by atoms with E-state index in [-0.39, 0.29) is 11.4 Å². The second kappa shape index (κ2) is 7.98. The van der Waals surface area contributed by atoms with E-state index in [0.29, 0.717) is 11.0 Å². The third kappa shape index (κ3) is 5.45. The van der Waals surface area contributed by atoms with Gasteiger partial charge in [0, 0.05) is 16.3 Å². The number of thioether (sulfide) groups is 1. The number of hydrogen-bond donors (Lipinski definition) is 2. The summed E-state index contributed by atoms with van der Waals surface area (Å²) in [6.07, 6.45) is -4.75. The molecule has 2 N–H and O–H groups in total. The summed E-state index contributed by atoms with van der Waals surface area (Å²) < 4.78 is 51.8.